The van der Waals surface area contributed by atoms with Gasteiger partial charge in [0.15, 0.2) is 11.4 Å². The summed E-state index contributed by atoms with van der Waals surface area (Å²) in [6, 6.07) is 32.8. The second-order valence-electron chi connectivity index (χ2n) is 7.32. The van der Waals surface area contributed by atoms with Gasteiger partial charge in [-0.1, -0.05) is 36.9 Å². The summed E-state index contributed by atoms with van der Waals surface area (Å²) in [5.41, 5.74) is 6.96. The fourth-order valence-electron chi connectivity index (χ4n) is 4.42. The fraction of sp³-hybridized carbons (Fsp3) is 0.0370. The van der Waals surface area contributed by atoms with Gasteiger partial charge >= 0.3 is 0 Å². The Kier molecular flexibility index (Phi) is 4.38. The van der Waals surface area contributed by atoms with Crippen molar-refractivity contribution in [2.24, 2.45) is 0 Å². The van der Waals surface area contributed by atoms with Crippen molar-refractivity contribution in [2.75, 3.05) is 6.61 Å². The van der Waals surface area contributed by atoms with Gasteiger partial charge in [-0.15, -0.1) is 0 Å². The zero-order valence-corrected chi connectivity index (χ0v) is 16.5. The van der Waals surface area contributed by atoms with Crippen LogP contribution in [0.5, 0.6) is 11.5 Å². The Morgan fingerprint density at radius 2 is 1.20 bits per heavy atom. The van der Waals surface area contributed by atoms with Crippen LogP contribution in [0.1, 0.15) is 0 Å². The van der Waals surface area contributed by atoms with E-state index < -0.39 is 0 Å². The van der Waals surface area contributed by atoms with E-state index in [0.29, 0.717) is 11.1 Å². The summed E-state index contributed by atoms with van der Waals surface area (Å²) in [5.74, 6) is 1.06. The van der Waals surface area contributed by atoms with E-state index in [2.05, 4.69) is 67.2 Å². The highest BCUT2D eigenvalue weighted by molar-refractivity contribution is 6.02. The molecule has 3 nitrogen and oxygen atoms in total. The molecule has 5 rings (SSSR count). The average molecular weight is 392 g/mol. The van der Waals surface area contributed by atoms with Gasteiger partial charge < -0.3 is 9.84 Å². The predicted molar refractivity (Wildman–Crippen MR) is 123 cm³/mol. The first-order valence-electron chi connectivity index (χ1n) is 9.97. The van der Waals surface area contributed by atoms with Gasteiger partial charge in [-0.05, 0) is 36.4 Å². The molecular weight excluding hydrogens is 370 g/mol. The molecule has 0 unspecified atom stereocenters. The monoisotopic (exact) mass is 392 g/mol. The molecule has 0 aromatic heterocycles. The lowest BCUT2D eigenvalue weighted by molar-refractivity contribution is 0.363. The van der Waals surface area contributed by atoms with Gasteiger partial charge in [0.25, 0.3) is 0 Å². The fourth-order valence-corrected chi connectivity index (χ4v) is 4.42. The summed E-state index contributed by atoms with van der Waals surface area (Å²) in [4.78, 5) is 0. The topological polar surface area (TPSA) is 29.5 Å². The van der Waals surface area contributed by atoms with Crippen molar-refractivity contribution in [2.45, 2.75) is 0 Å². The van der Waals surface area contributed by atoms with Crippen molar-refractivity contribution in [3.63, 3.8) is 0 Å². The number of benzene rings is 4. The molecule has 0 bridgehead atoms. The number of hydrogen-bond acceptors (Lipinski definition) is 2. The highest BCUT2D eigenvalue weighted by atomic mass is 16.5. The maximum absolute atomic E-state index is 9.93. The molecule has 1 aliphatic rings. The molecular formula is C27H22NO2+. The Hall–Kier alpha value is -3.82. The van der Waals surface area contributed by atoms with Crippen LogP contribution in [0.25, 0.3) is 11.1 Å². The zero-order chi connectivity index (χ0) is 20.6. The van der Waals surface area contributed by atoms with Gasteiger partial charge in [0.05, 0.1) is 11.1 Å². The van der Waals surface area contributed by atoms with Crippen molar-refractivity contribution in [3.8, 4) is 22.6 Å². The number of nitrogens with zero attached hydrogens (tertiary/aromatic N) is 1. The van der Waals surface area contributed by atoms with Crippen LogP contribution in [0.4, 0.5) is 22.7 Å². The number of phenols is 1. The summed E-state index contributed by atoms with van der Waals surface area (Å²) in [5, 5.41) is 9.93. The molecule has 0 spiro atoms. The number of aromatic hydroxyl groups is 1. The van der Waals surface area contributed by atoms with Gasteiger partial charge in [-0.25, -0.2) is 0 Å². The minimum Gasteiger partial charge on any atom is -0.508 e. The molecule has 0 radical (unpaired) electrons. The molecule has 0 aliphatic carbocycles. The molecule has 4 aromatic rings. The van der Waals surface area contributed by atoms with Crippen LogP contribution < -0.4 is 9.22 Å². The molecule has 0 amide bonds. The highest BCUT2D eigenvalue weighted by Gasteiger charge is 2.47. The lowest BCUT2D eigenvalue weighted by Crippen LogP contribution is -2.31. The van der Waals surface area contributed by atoms with E-state index in [-0.39, 0.29) is 5.75 Å². The van der Waals surface area contributed by atoms with Crippen LogP contribution in [0, 0.1) is 0 Å². The molecule has 30 heavy (non-hydrogen) atoms. The molecule has 3 heteroatoms. The van der Waals surface area contributed by atoms with Crippen molar-refractivity contribution in [1.29, 1.82) is 0 Å². The van der Waals surface area contributed by atoms with Crippen LogP contribution in [-0.4, -0.2) is 11.7 Å². The SMILES string of the molecule is C=CCOc1ccc([N+]2(c3ccc(O)cc3)c3ccccc3-c3ccccc32)cc1. The van der Waals surface area contributed by atoms with E-state index >= 15 is 0 Å². The molecule has 1 heterocycles. The van der Waals surface area contributed by atoms with Crippen molar-refractivity contribution in [3.05, 3.63) is 110 Å². The normalized spacial score (nSPS) is 13.3. The summed E-state index contributed by atoms with van der Waals surface area (Å²) in [6.07, 6.45) is 1.74. The molecule has 1 aliphatic heterocycles. The molecule has 0 saturated heterocycles. The molecule has 1 N–H and O–H groups in total. The van der Waals surface area contributed by atoms with E-state index in [4.69, 9.17) is 4.74 Å². The standard InChI is InChI=1S/C27H21NO2/c1-2-19-30-23-17-13-21(14-18-23)28(20-11-15-22(29)16-12-20)26-9-5-3-7-24(26)25-8-4-6-10-27(25)28/h2-18H,1,19H2/p+1. The van der Waals surface area contributed by atoms with Crippen LogP contribution in [0.2, 0.25) is 0 Å². The summed E-state index contributed by atoms with van der Waals surface area (Å²) < 4.78 is 6.16. The third-order valence-corrected chi connectivity index (χ3v) is 5.65. The number of ether oxygens (including phenoxy) is 1. The molecule has 0 atom stereocenters. The number of phenolic OH excluding ortho intramolecular Hbond substituents is 1. The van der Waals surface area contributed by atoms with Gasteiger partial charge in [0.1, 0.15) is 29.5 Å². The smallest absolute Gasteiger partial charge is 0.156 e. The largest absolute Gasteiger partial charge is 0.508 e. The molecule has 146 valence electrons. The van der Waals surface area contributed by atoms with Crippen molar-refractivity contribution in [1.82, 2.24) is 4.48 Å². The van der Waals surface area contributed by atoms with Crippen molar-refractivity contribution < 1.29 is 9.84 Å². The Balaban J connectivity index is 1.81. The van der Waals surface area contributed by atoms with Gasteiger partial charge in [0, 0.05) is 36.4 Å². The summed E-state index contributed by atoms with van der Waals surface area (Å²) >= 11 is 0. The zero-order valence-electron chi connectivity index (χ0n) is 16.5. The first kappa shape index (κ1) is 18.2. The predicted octanol–water partition coefficient (Wildman–Crippen LogP) is 7.24. The van der Waals surface area contributed by atoms with E-state index in [1.54, 1.807) is 18.2 Å². The number of rotatable bonds is 5. The van der Waals surface area contributed by atoms with Crippen LogP contribution in [0.3, 0.4) is 0 Å². The third-order valence-electron chi connectivity index (χ3n) is 5.65. The number of hydrogen-bond donors (Lipinski definition) is 1. The van der Waals surface area contributed by atoms with Crippen LogP contribution in [-0.2, 0) is 0 Å². The Labute approximate surface area is 176 Å². The molecule has 4 aromatic carbocycles. The number of fused-ring (bicyclic) bond motifs is 3. The maximum atomic E-state index is 9.93. The van der Waals surface area contributed by atoms with Gasteiger partial charge in [-0.3, -0.25) is 0 Å². The summed E-state index contributed by atoms with van der Waals surface area (Å²) in [6.45, 7) is 4.19. The molecule has 0 saturated carbocycles. The summed E-state index contributed by atoms with van der Waals surface area (Å²) in [7, 11) is 0. The third kappa shape index (κ3) is 2.64. The lowest BCUT2D eigenvalue weighted by Gasteiger charge is -2.34. The van der Waals surface area contributed by atoms with E-state index in [1.807, 2.05) is 24.3 Å². The van der Waals surface area contributed by atoms with Gasteiger partial charge in [0.2, 0.25) is 0 Å². The first-order chi connectivity index (χ1) is 14.7. The average Bonchev–Trinajstić information content (AvgIpc) is 3.10. The quantitative estimate of drug-likeness (QED) is 0.252. The van der Waals surface area contributed by atoms with Crippen LogP contribution in [0.15, 0.2) is 110 Å². The number of para-hydroxylation sites is 2. The maximum Gasteiger partial charge on any atom is 0.156 e. The Bertz CT molecular complexity index is 1160. The van der Waals surface area contributed by atoms with Crippen LogP contribution >= 0.6 is 0 Å². The van der Waals surface area contributed by atoms with E-state index in [9.17, 15) is 5.11 Å². The second-order valence-corrected chi connectivity index (χ2v) is 7.32. The van der Waals surface area contributed by atoms with E-state index in [0.717, 1.165) is 17.1 Å². The second kappa shape index (κ2) is 7.21. The highest BCUT2D eigenvalue weighted by Crippen LogP contribution is 2.62. The first-order valence-corrected chi connectivity index (χ1v) is 9.97. The minimum absolute atomic E-state index is 0.255. The lowest BCUT2D eigenvalue weighted by atomic mass is 10.1. The minimum atomic E-state index is 0.255. The Morgan fingerprint density at radius 1 is 0.700 bits per heavy atom. The number of quaternary nitrogens is 1. The van der Waals surface area contributed by atoms with Gasteiger partial charge in [-0.2, -0.15) is 4.48 Å². The van der Waals surface area contributed by atoms with E-state index in [1.165, 1.54) is 22.5 Å². The molecule has 0 fully saturated rings. The van der Waals surface area contributed by atoms with Crippen molar-refractivity contribution >= 4 is 22.7 Å². The Morgan fingerprint density at radius 3 is 1.73 bits per heavy atom.